The standard InChI is InChI=1S/C18H27F3N4O3S/c1-3-28-16-6-4-5-14(13-16)7-10-23-17(22-2)24-15-8-11-25(12-9-15)29(26,27)18(19,20)21/h4-6,13,15H,3,7-12H2,1-2H3,(H2,22,23,24). The Balaban J connectivity index is 1.79. The van der Waals surface area contributed by atoms with Crippen molar-refractivity contribution in [2.75, 3.05) is 33.3 Å². The van der Waals surface area contributed by atoms with Gasteiger partial charge in [0.05, 0.1) is 6.61 Å². The van der Waals surface area contributed by atoms with Gasteiger partial charge in [0.1, 0.15) is 5.75 Å². The van der Waals surface area contributed by atoms with Crippen LogP contribution in [0.25, 0.3) is 0 Å². The minimum Gasteiger partial charge on any atom is -0.494 e. The number of nitrogens with one attached hydrogen (secondary N) is 2. The van der Waals surface area contributed by atoms with Crippen LogP contribution in [0, 0.1) is 0 Å². The van der Waals surface area contributed by atoms with Crippen molar-refractivity contribution in [2.45, 2.75) is 37.7 Å². The zero-order chi connectivity index (χ0) is 21.5. The number of ether oxygens (including phenoxy) is 1. The van der Waals surface area contributed by atoms with Crippen molar-refractivity contribution in [3.8, 4) is 5.75 Å². The smallest absolute Gasteiger partial charge is 0.494 e. The Bertz CT molecular complexity index is 792. The Morgan fingerprint density at radius 2 is 2.00 bits per heavy atom. The molecule has 1 aliphatic rings. The third kappa shape index (κ3) is 6.49. The fourth-order valence-electron chi connectivity index (χ4n) is 3.06. The summed E-state index contributed by atoms with van der Waals surface area (Å²) in [6, 6.07) is 7.64. The zero-order valence-electron chi connectivity index (χ0n) is 16.5. The van der Waals surface area contributed by atoms with E-state index in [1.54, 1.807) is 7.05 Å². The molecule has 0 atom stereocenters. The van der Waals surface area contributed by atoms with E-state index in [1.165, 1.54) is 0 Å². The van der Waals surface area contributed by atoms with E-state index in [0.29, 0.717) is 23.4 Å². The van der Waals surface area contributed by atoms with E-state index in [-0.39, 0.29) is 32.0 Å². The van der Waals surface area contributed by atoms with Crippen LogP contribution in [0.4, 0.5) is 13.2 Å². The largest absolute Gasteiger partial charge is 0.511 e. The molecule has 2 rings (SSSR count). The molecule has 0 saturated carbocycles. The zero-order valence-corrected chi connectivity index (χ0v) is 17.3. The van der Waals surface area contributed by atoms with Crippen LogP contribution in [0.3, 0.4) is 0 Å². The minimum atomic E-state index is -5.26. The Morgan fingerprint density at radius 3 is 2.59 bits per heavy atom. The molecule has 0 bridgehead atoms. The molecule has 0 amide bonds. The van der Waals surface area contributed by atoms with Gasteiger partial charge in [-0.3, -0.25) is 4.99 Å². The maximum absolute atomic E-state index is 12.6. The average Bonchev–Trinajstić information content (AvgIpc) is 2.67. The number of piperidine rings is 1. The van der Waals surface area contributed by atoms with Crippen LogP contribution in [0.15, 0.2) is 29.3 Å². The van der Waals surface area contributed by atoms with E-state index in [2.05, 4.69) is 15.6 Å². The molecule has 0 unspecified atom stereocenters. The molecule has 0 spiro atoms. The second kappa shape index (κ2) is 10.1. The van der Waals surface area contributed by atoms with Gasteiger partial charge < -0.3 is 15.4 Å². The predicted molar refractivity (Wildman–Crippen MR) is 105 cm³/mol. The quantitative estimate of drug-likeness (QED) is 0.505. The van der Waals surface area contributed by atoms with Gasteiger partial charge in [0.15, 0.2) is 5.96 Å². The summed E-state index contributed by atoms with van der Waals surface area (Å²) in [4.78, 5) is 4.13. The lowest BCUT2D eigenvalue weighted by atomic mass is 10.1. The van der Waals surface area contributed by atoms with E-state index in [0.717, 1.165) is 17.7 Å². The van der Waals surface area contributed by atoms with Crippen LogP contribution >= 0.6 is 0 Å². The molecule has 0 aliphatic carbocycles. The fourth-order valence-corrected chi connectivity index (χ4v) is 4.04. The van der Waals surface area contributed by atoms with Crippen molar-refractivity contribution in [1.82, 2.24) is 14.9 Å². The summed E-state index contributed by atoms with van der Waals surface area (Å²) in [6.45, 7) is 2.77. The van der Waals surface area contributed by atoms with Gasteiger partial charge in [0.2, 0.25) is 0 Å². The molecule has 1 saturated heterocycles. The van der Waals surface area contributed by atoms with E-state index in [1.807, 2.05) is 31.2 Å². The third-order valence-electron chi connectivity index (χ3n) is 4.57. The number of rotatable bonds is 7. The molecule has 29 heavy (non-hydrogen) atoms. The van der Waals surface area contributed by atoms with Gasteiger partial charge in [0, 0.05) is 32.7 Å². The summed E-state index contributed by atoms with van der Waals surface area (Å²) in [7, 11) is -3.65. The maximum atomic E-state index is 12.6. The lowest BCUT2D eigenvalue weighted by Gasteiger charge is -2.32. The maximum Gasteiger partial charge on any atom is 0.511 e. The molecule has 7 nitrogen and oxygen atoms in total. The van der Waals surface area contributed by atoms with Crippen LogP contribution in [-0.4, -0.2) is 63.5 Å². The first kappa shape index (κ1) is 23.3. The van der Waals surface area contributed by atoms with E-state index in [9.17, 15) is 21.6 Å². The molecule has 1 aromatic carbocycles. The highest BCUT2D eigenvalue weighted by atomic mass is 32.2. The number of hydrogen-bond acceptors (Lipinski definition) is 4. The van der Waals surface area contributed by atoms with Crippen molar-refractivity contribution in [3.63, 3.8) is 0 Å². The summed E-state index contributed by atoms with van der Waals surface area (Å²) < 4.78 is 66.8. The van der Waals surface area contributed by atoms with Gasteiger partial charge in [-0.2, -0.15) is 17.5 Å². The third-order valence-corrected chi connectivity index (χ3v) is 6.20. The summed E-state index contributed by atoms with van der Waals surface area (Å²) in [5.41, 5.74) is -4.16. The van der Waals surface area contributed by atoms with Crippen LogP contribution in [0.2, 0.25) is 0 Å². The molecule has 1 heterocycles. The highest BCUT2D eigenvalue weighted by Gasteiger charge is 2.50. The van der Waals surface area contributed by atoms with Crippen LogP contribution < -0.4 is 15.4 Å². The number of hydrogen-bond donors (Lipinski definition) is 2. The molecule has 2 N–H and O–H groups in total. The second-order valence-electron chi connectivity index (χ2n) is 6.60. The number of benzene rings is 1. The van der Waals surface area contributed by atoms with E-state index in [4.69, 9.17) is 4.74 Å². The Labute approximate surface area is 169 Å². The molecule has 0 radical (unpaired) electrons. The van der Waals surface area contributed by atoms with Gasteiger partial charge in [-0.1, -0.05) is 12.1 Å². The number of alkyl halides is 3. The molecule has 11 heteroatoms. The van der Waals surface area contributed by atoms with Crippen LogP contribution in [-0.2, 0) is 16.4 Å². The lowest BCUT2D eigenvalue weighted by molar-refractivity contribution is -0.0494. The first-order valence-electron chi connectivity index (χ1n) is 9.42. The van der Waals surface area contributed by atoms with Crippen molar-refractivity contribution < 1.29 is 26.3 Å². The summed E-state index contributed by atoms with van der Waals surface area (Å²) in [5, 5.41) is 6.31. The topological polar surface area (TPSA) is 83.0 Å². The molecule has 1 fully saturated rings. The average molecular weight is 437 g/mol. The SMILES string of the molecule is CCOc1cccc(CCNC(=NC)NC2CCN(S(=O)(=O)C(F)(F)F)CC2)c1. The van der Waals surface area contributed by atoms with Gasteiger partial charge in [0.25, 0.3) is 0 Å². The minimum absolute atomic E-state index is 0.151. The first-order valence-corrected chi connectivity index (χ1v) is 10.9. The van der Waals surface area contributed by atoms with Crippen molar-refractivity contribution in [2.24, 2.45) is 4.99 Å². The molecule has 1 aromatic rings. The monoisotopic (exact) mass is 436 g/mol. The number of sulfonamides is 1. The lowest BCUT2D eigenvalue weighted by Crippen LogP contribution is -2.51. The van der Waals surface area contributed by atoms with Crippen molar-refractivity contribution in [1.29, 1.82) is 0 Å². The second-order valence-corrected chi connectivity index (χ2v) is 8.53. The number of aliphatic imine (C=N–C) groups is 1. The predicted octanol–water partition coefficient (Wildman–Crippen LogP) is 2.11. The first-order chi connectivity index (χ1) is 13.7. The molecule has 0 aromatic heterocycles. The highest BCUT2D eigenvalue weighted by Crippen LogP contribution is 2.28. The summed E-state index contributed by atoms with van der Waals surface area (Å²) in [5.74, 6) is 1.34. The van der Waals surface area contributed by atoms with E-state index >= 15 is 0 Å². The number of halogens is 3. The molecular formula is C18H27F3N4O3S. The fraction of sp³-hybridized carbons (Fsp3) is 0.611. The van der Waals surface area contributed by atoms with Gasteiger partial charge in [-0.05, 0) is 43.9 Å². The van der Waals surface area contributed by atoms with Gasteiger partial charge >= 0.3 is 15.5 Å². The molecule has 1 aliphatic heterocycles. The normalized spacial score (nSPS) is 17.2. The Kier molecular flexibility index (Phi) is 8.14. The highest BCUT2D eigenvalue weighted by molar-refractivity contribution is 7.90. The Hall–Kier alpha value is -2.01. The Morgan fingerprint density at radius 1 is 1.31 bits per heavy atom. The van der Waals surface area contributed by atoms with Crippen molar-refractivity contribution >= 4 is 16.0 Å². The molecular weight excluding hydrogens is 409 g/mol. The van der Waals surface area contributed by atoms with Gasteiger partial charge in [-0.25, -0.2) is 8.42 Å². The number of nitrogens with zero attached hydrogens (tertiary/aromatic N) is 2. The van der Waals surface area contributed by atoms with Crippen molar-refractivity contribution in [3.05, 3.63) is 29.8 Å². The summed E-state index contributed by atoms with van der Waals surface area (Å²) in [6.07, 6.45) is 1.28. The van der Waals surface area contributed by atoms with Crippen LogP contribution in [0.1, 0.15) is 25.3 Å². The molecule has 164 valence electrons. The van der Waals surface area contributed by atoms with Gasteiger partial charge in [-0.15, -0.1) is 0 Å². The number of guanidine groups is 1. The van der Waals surface area contributed by atoms with E-state index < -0.39 is 15.5 Å². The van der Waals surface area contributed by atoms with Crippen LogP contribution in [0.5, 0.6) is 5.75 Å². The summed E-state index contributed by atoms with van der Waals surface area (Å²) >= 11 is 0.